The second kappa shape index (κ2) is 7.42. The zero-order valence-electron chi connectivity index (χ0n) is 9.59. The second-order valence-corrected chi connectivity index (χ2v) is 3.36. The van der Waals surface area contributed by atoms with E-state index in [0.717, 1.165) is 0 Å². The van der Waals surface area contributed by atoms with E-state index in [1.165, 1.54) is 6.08 Å². The van der Waals surface area contributed by atoms with Crippen molar-refractivity contribution in [2.45, 2.75) is 6.61 Å². The third-order valence-corrected chi connectivity index (χ3v) is 2.14. The number of carbonyl (C=O) groups excluding carboxylic acids is 1. The topological polar surface area (TPSA) is 50.4 Å². The van der Waals surface area contributed by atoms with Crippen LogP contribution < -0.4 is 0 Å². The van der Waals surface area contributed by atoms with Gasteiger partial charge in [0.05, 0.1) is 6.61 Å². The molecule has 1 aromatic heterocycles. The molecule has 0 saturated carbocycles. The number of ketones is 1. The molecule has 0 saturated heterocycles. The molecule has 89 valence electrons. The Hall–Kier alpha value is -1.03. The summed E-state index contributed by atoms with van der Waals surface area (Å²) in [5.41, 5.74) is 0.456. The van der Waals surface area contributed by atoms with Crippen molar-refractivity contribution in [1.29, 1.82) is 0 Å². The van der Waals surface area contributed by atoms with Gasteiger partial charge in [0.1, 0.15) is 5.76 Å². The fourth-order valence-corrected chi connectivity index (χ4v) is 1.31. The molecule has 1 aromatic carbocycles. The van der Waals surface area contributed by atoms with Crippen molar-refractivity contribution in [3.05, 3.63) is 65.6 Å². The number of hydrogen-bond acceptors (Lipinski definition) is 3. The first kappa shape index (κ1) is 15.0. The summed E-state index contributed by atoms with van der Waals surface area (Å²) in [6.45, 7) is -0.158. The maximum atomic E-state index is 11.6. The average Bonchev–Trinajstić information content (AvgIpc) is 2.85. The van der Waals surface area contributed by atoms with Crippen LogP contribution in [0.1, 0.15) is 21.9 Å². The summed E-state index contributed by atoms with van der Waals surface area (Å²) in [4.78, 5) is 11.6. The normalized spacial score (nSPS) is 10.3. The molecule has 3 nitrogen and oxygen atoms in total. The van der Waals surface area contributed by atoms with Crippen LogP contribution in [0.2, 0.25) is 0 Å². The molecule has 4 heteroatoms. The molecule has 0 amide bonds. The van der Waals surface area contributed by atoms with Crippen molar-refractivity contribution in [3.8, 4) is 0 Å². The van der Waals surface area contributed by atoms with Gasteiger partial charge < -0.3 is 14.3 Å². The van der Waals surface area contributed by atoms with Crippen LogP contribution in [0.3, 0.4) is 0 Å². The molecule has 2 rings (SSSR count). The average molecular weight is 315 g/mol. The summed E-state index contributed by atoms with van der Waals surface area (Å²) in [6, 6.07) is 13.0. The van der Waals surface area contributed by atoms with E-state index in [2.05, 4.69) is 12.1 Å². The minimum atomic E-state index is -0.257. The van der Waals surface area contributed by atoms with Crippen molar-refractivity contribution in [3.63, 3.8) is 0 Å². The Morgan fingerprint density at radius 1 is 1.39 bits per heavy atom. The van der Waals surface area contributed by atoms with Gasteiger partial charge in [-0.15, -0.1) is 12.1 Å². The van der Waals surface area contributed by atoms with Gasteiger partial charge in [-0.3, -0.25) is 0 Å². The van der Waals surface area contributed by atoms with Crippen LogP contribution >= 0.6 is 0 Å². The summed E-state index contributed by atoms with van der Waals surface area (Å²) in [5, 5.41) is 8.81. The van der Waals surface area contributed by atoms with Crippen LogP contribution in [0.15, 0.2) is 40.8 Å². The van der Waals surface area contributed by atoms with E-state index in [-0.39, 0.29) is 45.1 Å². The molecule has 0 fully saturated rings. The van der Waals surface area contributed by atoms with Gasteiger partial charge in [0.15, 0.2) is 0 Å². The number of benzene rings is 1. The molecule has 0 aliphatic rings. The summed E-state index contributed by atoms with van der Waals surface area (Å²) in [5.74, 6) is 0.683. The van der Waals surface area contributed by atoms with E-state index in [9.17, 15) is 4.79 Å². The Morgan fingerprint density at radius 3 is 2.83 bits per heavy atom. The van der Waals surface area contributed by atoms with Gasteiger partial charge in [-0.1, -0.05) is 6.07 Å². The number of hydrogen-bond donors (Lipinski definition) is 1. The number of carbonyl (C=O) groups is 1. The van der Waals surface area contributed by atoms with Crippen molar-refractivity contribution in [2.75, 3.05) is 0 Å². The fourth-order valence-electron chi connectivity index (χ4n) is 1.31. The van der Waals surface area contributed by atoms with Crippen LogP contribution in [0, 0.1) is 12.1 Å². The van der Waals surface area contributed by atoms with E-state index in [0.29, 0.717) is 17.1 Å². The molecule has 1 radical (unpaired) electrons. The monoisotopic (exact) mass is 315 g/mol. The van der Waals surface area contributed by atoms with Crippen molar-refractivity contribution < 1.29 is 47.0 Å². The van der Waals surface area contributed by atoms with E-state index in [4.69, 9.17) is 9.52 Å². The fraction of sp³-hybridized carbons (Fsp3) is 0.0714. The minimum Gasteiger partial charge on any atom is -0.517 e. The van der Waals surface area contributed by atoms with E-state index in [1.807, 2.05) is 0 Å². The van der Waals surface area contributed by atoms with Gasteiger partial charge in [-0.05, 0) is 11.8 Å². The molecule has 0 aliphatic heterocycles. The molecule has 1 heterocycles. The second-order valence-electron chi connectivity index (χ2n) is 3.36. The summed E-state index contributed by atoms with van der Waals surface area (Å²) >= 11 is 0. The first-order valence-corrected chi connectivity index (χ1v) is 5.10. The number of aliphatic hydroxyl groups is 1. The Labute approximate surface area is 130 Å². The molecular weight excluding hydrogens is 305 g/mol. The molecule has 18 heavy (non-hydrogen) atoms. The van der Waals surface area contributed by atoms with Gasteiger partial charge in [0.2, 0.25) is 0 Å². The predicted octanol–water partition coefficient (Wildman–Crippen LogP) is 2.27. The third-order valence-electron chi connectivity index (χ3n) is 2.14. The molecule has 0 spiro atoms. The maximum Gasteiger partial charge on any atom is 0.112 e. The Morgan fingerprint density at radius 2 is 2.22 bits per heavy atom. The Bertz CT molecular complexity index is 529. The van der Waals surface area contributed by atoms with Gasteiger partial charge in [0, 0.05) is 38.5 Å². The first-order chi connectivity index (χ1) is 8.29. The molecular formula is C14H10O3Y-2. The largest absolute Gasteiger partial charge is 0.517 e. The Kier molecular flexibility index (Phi) is 6.19. The smallest absolute Gasteiger partial charge is 0.112 e. The first-order valence-electron chi connectivity index (χ1n) is 5.10. The minimum absolute atomic E-state index is 0. The zero-order valence-corrected chi connectivity index (χ0v) is 12.4. The summed E-state index contributed by atoms with van der Waals surface area (Å²) in [7, 11) is 0. The predicted molar refractivity (Wildman–Crippen MR) is 61.9 cm³/mol. The van der Waals surface area contributed by atoms with Gasteiger partial charge in [-0.25, -0.2) is 11.6 Å². The molecule has 0 bridgehead atoms. The maximum absolute atomic E-state index is 11.6. The third kappa shape index (κ3) is 4.02. The number of furan rings is 1. The quantitative estimate of drug-likeness (QED) is 0.535. The SMILES string of the molecule is O=C([C-]=Cc1ccc(CO)o1)c1[c-]cccc1.[Y]. The van der Waals surface area contributed by atoms with Crippen LogP contribution in [-0.4, -0.2) is 10.9 Å². The van der Waals surface area contributed by atoms with E-state index >= 15 is 0 Å². The summed E-state index contributed by atoms with van der Waals surface area (Å²) < 4.78 is 5.19. The molecule has 0 aliphatic carbocycles. The van der Waals surface area contributed by atoms with Crippen LogP contribution in [0.25, 0.3) is 6.08 Å². The van der Waals surface area contributed by atoms with Crippen LogP contribution in [-0.2, 0) is 39.3 Å². The Balaban J connectivity index is 0.00000162. The van der Waals surface area contributed by atoms with Crippen molar-refractivity contribution in [1.82, 2.24) is 0 Å². The molecule has 2 aromatic rings. The zero-order chi connectivity index (χ0) is 12.1. The number of rotatable bonds is 4. The van der Waals surface area contributed by atoms with E-state index < -0.39 is 0 Å². The van der Waals surface area contributed by atoms with Gasteiger partial charge in [-0.2, -0.15) is 24.3 Å². The molecule has 0 unspecified atom stereocenters. The number of aliphatic hydroxyl groups excluding tert-OH is 1. The molecule has 0 atom stereocenters. The molecule has 1 N–H and O–H groups in total. The number of allylic oxidation sites excluding steroid dienone is 1. The van der Waals surface area contributed by atoms with Gasteiger partial charge >= 0.3 is 0 Å². The number of Topliss-reactive ketones (excluding diaryl/α,β-unsaturated/α-hetero) is 1. The summed E-state index contributed by atoms with van der Waals surface area (Å²) in [6.07, 6.45) is 4.03. The standard InChI is InChI=1S/C14H10O3.Y/c15-10-13-7-6-12(17-13)8-9-14(16)11-4-2-1-3-5-11;/h1-4,6-8,15H,10H2;/q-2;. The van der Waals surface area contributed by atoms with Crippen LogP contribution in [0.5, 0.6) is 0 Å². The van der Waals surface area contributed by atoms with E-state index in [1.54, 1.807) is 36.4 Å². The van der Waals surface area contributed by atoms with Gasteiger partial charge in [0.25, 0.3) is 0 Å². The van der Waals surface area contributed by atoms with Crippen LogP contribution in [0.4, 0.5) is 0 Å². The van der Waals surface area contributed by atoms with Crippen molar-refractivity contribution >= 4 is 11.9 Å². The van der Waals surface area contributed by atoms with Crippen molar-refractivity contribution in [2.24, 2.45) is 0 Å².